The molecule has 0 spiro atoms. The number of anilines is 1. The minimum absolute atomic E-state index is 0.120. The standard InChI is InChI=1S/C21H22BN5O2/c1-12-17(5-6-19(24-12)26-8-7-14(28)11-26)27-20-15-9-13(22)3-4-16(15)23-10-18(20)25(2)21(27)29/h3-6,9-10,14,28H,7-8,11,22H2,1-2H3/t14-/m0/s1. The van der Waals surface area contributed by atoms with Crippen LogP contribution in [0, 0.1) is 6.92 Å². The van der Waals surface area contributed by atoms with E-state index in [9.17, 15) is 9.90 Å². The van der Waals surface area contributed by atoms with Gasteiger partial charge in [0.1, 0.15) is 13.7 Å². The molecule has 0 aliphatic carbocycles. The normalized spacial score (nSPS) is 16.9. The molecule has 1 atom stereocenters. The summed E-state index contributed by atoms with van der Waals surface area (Å²) in [6.07, 6.45) is 2.21. The van der Waals surface area contributed by atoms with Crippen molar-refractivity contribution in [3.63, 3.8) is 0 Å². The molecule has 1 aromatic carbocycles. The van der Waals surface area contributed by atoms with Crippen LogP contribution in [0.1, 0.15) is 12.1 Å². The summed E-state index contributed by atoms with van der Waals surface area (Å²) in [6, 6.07) is 9.96. The van der Waals surface area contributed by atoms with E-state index in [1.807, 2.05) is 39.0 Å². The Labute approximate surface area is 168 Å². The molecular weight excluding hydrogens is 365 g/mol. The van der Waals surface area contributed by atoms with E-state index < -0.39 is 0 Å². The fraction of sp³-hybridized carbons (Fsp3) is 0.286. The first kappa shape index (κ1) is 17.9. The molecule has 1 fully saturated rings. The molecule has 1 aliphatic heterocycles. The first-order valence-corrected chi connectivity index (χ1v) is 9.82. The molecule has 4 aromatic rings. The molecule has 29 heavy (non-hydrogen) atoms. The molecule has 1 saturated heterocycles. The number of hydrogen-bond acceptors (Lipinski definition) is 5. The molecule has 3 aromatic heterocycles. The Kier molecular flexibility index (Phi) is 3.99. The van der Waals surface area contributed by atoms with Crippen molar-refractivity contribution in [1.82, 2.24) is 19.1 Å². The van der Waals surface area contributed by atoms with Gasteiger partial charge in [-0.25, -0.2) is 9.78 Å². The molecule has 146 valence electrons. The van der Waals surface area contributed by atoms with Gasteiger partial charge in [-0.05, 0) is 31.5 Å². The lowest BCUT2D eigenvalue weighted by molar-refractivity contribution is 0.198. The van der Waals surface area contributed by atoms with Crippen molar-refractivity contribution in [2.75, 3.05) is 18.0 Å². The van der Waals surface area contributed by atoms with Crippen LogP contribution in [0.5, 0.6) is 0 Å². The first-order chi connectivity index (χ1) is 13.9. The van der Waals surface area contributed by atoms with E-state index in [0.29, 0.717) is 6.54 Å². The Morgan fingerprint density at radius 2 is 2.07 bits per heavy atom. The molecule has 7 nitrogen and oxygen atoms in total. The van der Waals surface area contributed by atoms with Gasteiger partial charge in [0.15, 0.2) is 0 Å². The number of aryl methyl sites for hydroxylation is 2. The lowest BCUT2D eigenvalue weighted by Gasteiger charge is -2.18. The second kappa shape index (κ2) is 6.45. The van der Waals surface area contributed by atoms with E-state index in [4.69, 9.17) is 4.98 Å². The number of β-amino-alcohol motifs (C(OH)–C–C–N with tert-alkyl or cyclic N) is 1. The molecule has 5 rings (SSSR count). The van der Waals surface area contributed by atoms with Crippen LogP contribution in [0.25, 0.3) is 27.6 Å². The second-order valence-electron chi connectivity index (χ2n) is 7.85. The van der Waals surface area contributed by atoms with Gasteiger partial charge in [0, 0.05) is 25.5 Å². The van der Waals surface area contributed by atoms with Crippen LogP contribution in [0.4, 0.5) is 5.82 Å². The van der Waals surface area contributed by atoms with Crippen molar-refractivity contribution < 1.29 is 5.11 Å². The molecule has 0 amide bonds. The summed E-state index contributed by atoms with van der Waals surface area (Å²) < 4.78 is 3.37. The third kappa shape index (κ3) is 2.74. The summed E-state index contributed by atoms with van der Waals surface area (Å²) in [7, 11) is 3.81. The van der Waals surface area contributed by atoms with E-state index in [1.54, 1.807) is 22.4 Å². The molecule has 4 heterocycles. The monoisotopic (exact) mass is 387 g/mol. The fourth-order valence-corrected chi connectivity index (χ4v) is 4.24. The van der Waals surface area contributed by atoms with E-state index in [-0.39, 0.29) is 11.8 Å². The number of pyridine rings is 2. The molecule has 0 saturated carbocycles. The van der Waals surface area contributed by atoms with Crippen molar-refractivity contribution in [3.05, 3.63) is 52.7 Å². The Bertz CT molecular complexity index is 1330. The van der Waals surface area contributed by atoms with Gasteiger partial charge < -0.3 is 10.0 Å². The maximum atomic E-state index is 13.2. The Hall–Kier alpha value is -3.13. The van der Waals surface area contributed by atoms with Crippen LogP contribution in [0.2, 0.25) is 0 Å². The zero-order chi connectivity index (χ0) is 20.3. The van der Waals surface area contributed by atoms with Gasteiger partial charge in [-0.2, -0.15) is 0 Å². The lowest BCUT2D eigenvalue weighted by Crippen LogP contribution is -2.24. The largest absolute Gasteiger partial charge is 0.391 e. The van der Waals surface area contributed by atoms with E-state index in [2.05, 4.69) is 16.0 Å². The Morgan fingerprint density at radius 3 is 2.79 bits per heavy atom. The highest BCUT2D eigenvalue weighted by atomic mass is 16.3. The van der Waals surface area contributed by atoms with Crippen LogP contribution in [-0.2, 0) is 7.05 Å². The third-order valence-electron chi connectivity index (χ3n) is 5.81. The number of nitrogens with zero attached hydrogens (tertiary/aromatic N) is 5. The summed E-state index contributed by atoms with van der Waals surface area (Å²) in [5.41, 5.74) is 5.03. The lowest BCUT2D eigenvalue weighted by atomic mass is 9.94. The molecule has 1 N–H and O–H groups in total. The predicted octanol–water partition coefficient (Wildman–Crippen LogP) is 0.410. The number of aromatic nitrogens is 4. The van der Waals surface area contributed by atoms with Crippen molar-refractivity contribution in [2.45, 2.75) is 19.4 Å². The Balaban J connectivity index is 1.76. The molecule has 0 bridgehead atoms. The second-order valence-corrected chi connectivity index (χ2v) is 7.85. The maximum Gasteiger partial charge on any atom is 0.333 e. The number of fused-ring (bicyclic) bond motifs is 3. The molecule has 0 unspecified atom stereocenters. The van der Waals surface area contributed by atoms with Crippen LogP contribution in [0.15, 0.2) is 41.3 Å². The van der Waals surface area contributed by atoms with Gasteiger partial charge in [-0.1, -0.05) is 17.6 Å². The smallest absolute Gasteiger partial charge is 0.333 e. The molecule has 0 radical (unpaired) electrons. The van der Waals surface area contributed by atoms with E-state index in [1.165, 1.54) is 0 Å². The highest BCUT2D eigenvalue weighted by Gasteiger charge is 2.23. The van der Waals surface area contributed by atoms with Crippen LogP contribution in [0.3, 0.4) is 0 Å². The zero-order valence-corrected chi connectivity index (χ0v) is 16.8. The van der Waals surface area contributed by atoms with Crippen molar-refractivity contribution in [1.29, 1.82) is 0 Å². The third-order valence-corrected chi connectivity index (χ3v) is 5.81. The summed E-state index contributed by atoms with van der Waals surface area (Å²) in [4.78, 5) is 24.5. The average molecular weight is 387 g/mol. The minimum atomic E-state index is -0.306. The van der Waals surface area contributed by atoms with Crippen molar-refractivity contribution in [2.24, 2.45) is 7.05 Å². The predicted molar refractivity (Wildman–Crippen MR) is 117 cm³/mol. The van der Waals surface area contributed by atoms with E-state index >= 15 is 0 Å². The van der Waals surface area contributed by atoms with Crippen LogP contribution in [-0.4, -0.2) is 51.2 Å². The van der Waals surface area contributed by atoms with Gasteiger partial charge in [0.25, 0.3) is 0 Å². The summed E-state index contributed by atoms with van der Waals surface area (Å²) in [5.74, 6) is 0.832. The molecular formula is C21H22BN5O2. The number of aliphatic hydroxyl groups excluding tert-OH is 1. The average Bonchev–Trinajstić information content (AvgIpc) is 3.24. The molecule has 8 heteroatoms. The zero-order valence-electron chi connectivity index (χ0n) is 16.8. The van der Waals surface area contributed by atoms with E-state index in [0.717, 1.165) is 57.6 Å². The van der Waals surface area contributed by atoms with Crippen molar-refractivity contribution >= 4 is 41.1 Å². The highest BCUT2D eigenvalue weighted by molar-refractivity contribution is 6.33. The van der Waals surface area contributed by atoms with Gasteiger partial charge in [-0.15, -0.1) is 0 Å². The van der Waals surface area contributed by atoms with Gasteiger partial charge in [-0.3, -0.25) is 14.1 Å². The highest BCUT2D eigenvalue weighted by Crippen LogP contribution is 2.27. The summed E-state index contributed by atoms with van der Waals surface area (Å²) in [6.45, 7) is 3.30. The number of rotatable bonds is 2. The quantitative estimate of drug-likeness (QED) is 0.505. The van der Waals surface area contributed by atoms with Crippen molar-refractivity contribution in [3.8, 4) is 5.69 Å². The fourth-order valence-electron chi connectivity index (χ4n) is 4.24. The molecule has 1 aliphatic rings. The SMILES string of the molecule is Bc1ccc2ncc3c(c2c1)n(-c1ccc(N2CC[C@H](O)C2)nc1C)c(=O)n3C. The maximum absolute atomic E-state index is 13.2. The minimum Gasteiger partial charge on any atom is -0.391 e. The number of imidazole rings is 1. The summed E-state index contributed by atoms with van der Waals surface area (Å²) in [5, 5.41) is 10.8. The van der Waals surface area contributed by atoms with Crippen LogP contribution >= 0.6 is 0 Å². The number of aliphatic hydroxyl groups is 1. The Morgan fingerprint density at radius 1 is 1.24 bits per heavy atom. The first-order valence-electron chi connectivity index (χ1n) is 9.82. The number of benzene rings is 1. The number of hydrogen-bond donors (Lipinski definition) is 1. The summed E-state index contributed by atoms with van der Waals surface area (Å²) >= 11 is 0. The topological polar surface area (TPSA) is 76.2 Å². The van der Waals surface area contributed by atoms with Gasteiger partial charge in [0.05, 0.1) is 40.2 Å². The van der Waals surface area contributed by atoms with Gasteiger partial charge in [0.2, 0.25) is 0 Å². The van der Waals surface area contributed by atoms with Crippen LogP contribution < -0.4 is 16.1 Å². The van der Waals surface area contributed by atoms with Gasteiger partial charge >= 0.3 is 5.69 Å².